The fraction of sp³-hybridized carbons (Fsp3) is 0.647. The predicted octanol–water partition coefficient (Wildman–Crippen LogP) is 1.29. The van der Waals surface area contributed by atoms with Gasteiger partial charge in [-0.05, 0) is 20.8 Å². The van der Waals surface area contributed by atoms with Gasteiger partial charge in [-0.1, -0.05) is 29.2 Å². The van der Waals surface area contributed by atoms with Crippen LogP contribution in [0.1, 0.15) is 20.8 Å². The minimum Gasteiger partial charge on any atom is -0.357 e. The molecule has 2 amide bonds. The average molecular weight is 413 g/mol. The first-order valence-electron chi connectivity index (χ1n) is 8.89. The van der Waals surface area contributed by atoms with Crippen molar-refractivity contribution in [3.05, 3.63) is 12.7 Å². The average Bonchev–Trinajstić information content (AvgIpc) is 3.04. The van der Waals surface area contributed by atoms with Crippen LogP contribution in [0.4, 0.5) is 5.13 Å². The maximum Gasteiger partial charge on any atom is 0.234 e. The van der Waals surface area contributed by atoms with Crippen molar-refractivity contribution >= 4 is 40.0 Å². The zero-order valence-corrected chi connectivity index (χ0v) is 17.8. The number of hydrogen-bond donors (Lipinski definition) is 2. The molecule has 1 saturated heterocycles. The largest absolute Gasteiger partial charge is 0.357 e. The molecular weight excluding hydrogens is 384 g/mol. The number of piperazine rings is 1. The van der Waals surface area contributed by atoms with Crippen LogP contribution >= 0.6 is 23.1 Å². The second-order valence-electron chi connectivity index (χ2n) is 7.29. The summed E-state index contributed by atoms with van der Waals surface area (Å²) in [5, 5.41) is 14.9. The topological polar surface area (TPSA) is 90.5 Å². The number of anilines is 1. The molecule has 2 N–H and O–H groups in total. The van der Waals surface area contributed by atoms with Crippen molar-refractivity contribution in [3.8, 4) is 0 Å². The monoisotopic (exact) mass is 412 g/mol. The van der Waals surface area contributed by atoms with E-state index >= 15 is 0 Å². The Kier molecular flexibility index (Phi) is 8.06. The summed E-state index contributed by atoms with van der Waals surface area (Å²) in [6.07, 6.45) is 1.75. The molecule has 0 spiro atoms. The smallest absolute Gasteiger partial charge is 0.234 e. The molecule has 10 heteroatoms. The number of carbonyl (C=O) groups is 2. The summed E-state index contributed by atoms with van der Waals surface area (Å²) in [5.74, 6) is 0.463. The van der Waals surface area contributed by atoms with Crippen LogP contribution in [0.15, 0.2) is 17.0 Å². The Hall–Kier alpha value is -1.65. The molecule has 2 rings (SSSR count). The van der Waals surface area contributed by atoms with Gasteiger partial charge < -0.3 is 15.5 Å². The summed E-state index contributed by atoms with van der Waals surface area (Å²) in [6, 6.07) is 0. The molecule has 150 valence electrons. The van der Waals surface area contributed by atoms with Gasteiger partial charge in [0, 0.05) is 38.3 Å². The van der Waals surface area contributed by atoms with Crippen LogP contribution in [0.25, 0.3) is 0 Å². The third kappa shape index (κ3) is 7.86. The van der Waals surface area contributed by atoms with Crippen molar-refractivity contribution < 1.29 is 9.59 Å². The highest BCUT2D eigenvalue weighted by Gasteiger charge is 2.24. The van der Waals surface area contributed by atoms with Crippen molar-refractivity contribution in [2.45, 2.75) is 30.6 Å². The van der Waals surface area contributed by atoms with Crippen LogP contribution in [-0.4, -0.2) is 82.4 Å². The first-order valence-corrected chi connectivity index (χ1v) is 10.7. The molecule has 2 heterocycles. The summed E-state index contributed by atoms with van der Waals surface area (Å²) >= 11 is 2.84. The van der Waals surface area contributed by atoms with E-state index in [0.717, 1.165) is 9.47 Å². The lowest BCUT2D eigenvalue weighted by atomic mass is 10.1. The van der Waals surface area contributed by atoms with E-state index in [2.05, 4.69) is 32.3 Å². The zero-order chi connectivity index (χ0) is 19.9. The van der Waals surface area contributed by atoms with Gasteiger partial charge in [-0.3, -0.25) is 14.5 Å². The van der Waals surface area contributed by atoms with Gasteiger partial charge in [0.1, 0.15) is 0 Å². The Morgan fingerprint density at radius 1 is 1.26 bits per heavy atom. The second-order valence-corrected chi connectivity index (χ2v) is 9.49. The van der Waals surface area contributed by atoms with Crippen LogP contribution in [0.5, 0.6) is 0 Å². The maximum absolute atomic E-state index is 12.4. The number of hydrogen-bond acceptors (Lipinski definition) is 8. The van der Waals surface area contributed by atoms with Crippen LogP contribution in [0, 0.1) is 0 Å². The fourth-order valence-electron chi connectivity index (χ4n) is 2.53. The molecule has 1 aromatic heterocycles. The maximum atomic E-state index is 12.4. The summed E-state index contributed by atoms with van der Waals surface area (Å²) in [5.41, 5.74) is -0.224. The number of nitrogens with zero attached hydrogens (tertiary/aromatic N) is 4. The van der Waals surface area contributed by atoms with E-state index < -0.39 is 0 Å². The summed E-state index contributed by atoms with van der Waals surface area (Å²) in [7, 11) is 0. The van der Waals surface area contributed by atoms with Crippen molar-refractivity contribution in [2.24, 2.45) is 0 Å². The third-order valence-electron chi connectivity index (χ3n) is 3.73. The Labute approximate surface area is 168 Å². The first-order chi connectivity index (χ1) is 12.8. The predicted molar refractivity (Wildman–Crippen MR) is 110 cm³/mol. The van der Waals surface area contributed by atoms with Gasteiger partial charge in [0.2, 0.25) is 16.9 Å². The van der Waals surface area contributed by atoms with E-state index in [1.165, 1.54) is 23.1 Å². The van der Waals surface area contributed by atoms with E-state index in [9.17, 15) is 9.59 Å². The minimum absolute atomic E-state index is 0.0231. The lowest BCUT2D eigenvalue weighted by Crippen LogP contribution is -2.53. The molecule has 0 saturated carbocycles. The molecule has 0 radical (unpaired) electrons. The van der Waals surface area contributed by atoms with Gasteiger partial charge in [0.25, 0.3) is 0 Å². The van der Waals surface area contributed by atoms with Crippen LogP contribution in [0.2, 0.25) is 0 Å². The number of thioether (sulfide) groups is 1. The number of carbonyl (C=O) groups excluding carboxylic acids is 2. The zero-order valence-electron chi connectivity index (χ0n) is 16.2. The van der Waals surface area contributed by atoms with Gasteiger partial charge in [-0.2, -0.15) is 0 Å². The Morgan fingerprint density at radius 3 is 2.59 bits per heavy atom. The molecule has 0 unspecified atom stereocenters. The molecule has 1 aromatic rings. The quantitative estimate of drug-likeness (QED) is 0.491. The van der Waals surface area contributed by atoms with Crippen molar-refractivity contribution in [1.29, 1.82) is 0 Å². The number of aromatic nitrogens is 2. The SMILES string of the molecule is C=CCNc1nnc(SCC(=O)N2CCN(CC(=O)NC(C)(C)C)CC2)s1. The molecule has 0 atom stereocenters. The van der Waals surface area contributed by atoms with Gasteiger partial charge in [-0.25, -0.2) is 0 Å². The Morgan fingerprint density at radius 2 is 1.96 bits per heavy atom. The van der Waals surface area contributed by atoms with Crippen molar-refractivity contribution in [1.82, 2.24) is 25.3 Å². The molecule has 27 heavy (non-hydrogen) atoms. The molecule has 8 nitrogen and oxygen atoms in total. The lowest BCUT2D eigenvalue weighted by molar-refractivity contribution is -0.130. The van der Waals surface area contributed by atoms with Crippen LogP contribution < -0.4 is 10.6 Å². The fourth-order valence-corrected chi connectivity index (χ4v) is 4.19. The second kappa shape index (κ2) is 10.0. The van der Waals surface area contributed by atoms with Crippen molar-refractivity contribution in [3.63, 3.8) is 0 Å². The molecular formula is C17H28N6O2S2. The highest BCUT2D eigenvalue weighted by Crippen LogP contribution is 2.25. The molecule has 1 aliphatic rings. The van der Waals surface area contributed by atoms with Gasteiger partial charge >= 0.3 is 0 Å². The number of rotatable bonds is 8. The molecule has 0 aliphatic carbocycles. The molecule has 0 bridgehead atoms. The van der Waals surface area contributed by atoms with Gasteiger partial charge in [0.05, 0.1) is 12.3 Å². The van der Waals surface area contributed by atoms with Gasteiger partial charge in [-0.15, -0.1) is 16.8 Å². The van der Waals surface area contributed by atoms with Crippen LogP contribution in [-0.2, 0) is 9.59 Å². The van der Waals surface area contributed by atoms with Gasteiger partial charge in [0.15, 0.2) is 4.34 Å². The van der Waals surface area contributed by atoms with E-state index in [1.54, 1.807) is 6.08 Å². The number of nitrogens with one attached hydrogen (secondary N) is 2. The summed E-state index contributed by atoms with van der Waals surface area (Å²) in [4.78, 5) is 28.3. The van der Waals surface area contributed by atoms with E-state index in [-0.39, 0.29) is 17.4 Å². The molecule has 0 aromatic carbocycles. The molecule has 1 aliphatic heterocycles. The first kappa shape index (κ1) is 21.6. The van der Waals surface area contributed by atoms with E-state index in [4.69, 9.17) is 0 Å². The number of amides is 2. The van der Waals surface area contributed by atoms with Crippen molar-refractivity contribution in [2.75, 3.05) is 50.3 Å². The Balaban J connectivity index is 1.69. The lowest BCUT2D eigenvalue weighted by Gasteiger charge is -2.34. The summed E-state index contributed by atoms with van der Waals surface area (Å²) < 4.78 is 0.771. The van der Waals surface area contributed by atoms with E-state index in [0.29, 0.717) is 45.0 Å². The highest BCUT2D eigenvalue weighted by molar-refractivity contribution is 8.01. The van der Waals surface area contributed by atoms with Crippen LogP contribution in [0.3, 0.4) is 0 Å². The standard InChI is InChI=1S/C17H28N6O2S2/c1-5-6-18-15-20-21-16(27-15)26-12-14(25)23-9-7-22(8-10-23)11-13(24)19-17(2,3)4/h5H,1,6-12H2,2-4H3,(H,18,20)(H,19,24). The van der Waals surface area contributed by atoms with E-state index in [1.807, 2.05) is 25.7 Å². The minimum atomic E-state index is -0.224. The summed E-state index contributed by atoms with van der Waals surface area (Å²) in [6.45, 7) is 13.3. The third-order valence-corrected chi connectivity index (χ3v) is 5.73. The highest BCUT2D eigenvalue weighted by atomic mass is 32.2. The Bertz CT molecular complexity index is 650. The normalized spacial score (nSPS) is 15.4. The molecule has 1 fully saturated rings.